The van der Waals surface area contributed by atoms with Gasteiger partial charge in [0.25, 0.3) is 0 Å². The van der Waals surface area contributed by atoms with Gasteiger partial charge in [0.15, 0.2) is 0 Å². The lowest BCUT2D eigenvalue weighted by Crippen LogP contribution is -2.54. The molecule has 0 aliphatic heterocycles. The summed E-state index contributed by atoms with van der Waals surface area (Å²) in [6.45, 7) is 7.22. The molecule has 0 saturated carbocycles. The molecule has 0 aromatic carbocycles. The Morgan fingerprint density at radius 1 is 1.16 bits per heavy atom. The van der Waals surface area contributed by atoms with Gasteiger partial charge in [0.2, 0.25) is 11.8 Å². The quantitative estimate of drug-likeness (QED) is 0.356. The summed E-state index contributed by atoms with van der Waals surface area (Å²) in [5.74, 6) is -0.579. The Bertz CT molecular complexity index is 325. The highest BCUT2D eigenvalue weighted by Gasteiger charge is 2.27. The van der Waals surface area contributed by atoms with Crippen LogP contribution in [0.4, 0.5) is 0 Å². The van der Waals surface area contributed by atoms with E-state index in [2.05, 4.69) is 17.2 Å². The number of rotatable bonds is 10. The van der Waals surface area contributed by atoms with Gasteiger partial charge >= 0.3 is 0 Å². The second-order valence-corrected chi connectivity index (χ2v) is 4.94. The Kier molecular flexibility index (Phi) is 8.49. The van der Waals surface area contributed by atoms with E-state index in [9.17, 15) is 14.4 Å². The van der Waals surface area contributed by atoms with Gasteiger partial charge in [-0.2, -0.15) is 0 Å². The minimum atomic E-state index is -0.942. The molecular formula is C14H24N2O3. The molecule has 2 N–H and O–H groups in total. The molecule has 0 fully saturated rings. The van der Waals surface area contributed by atoms with Crippen LogP contribution >= 0.6 is 0 Å². The van der Waals surface area contributed by atoms with Crippen LogP contribution in [0.15, 0.2) is 12.7 Å². The van der Waals surface area contributed by atoms with Crippen molar-refractivity contribution in [3.05, 3.63) is 12.7 Å². The fourth-order valence-corrected chi connectivity index (χ4v) is 1.54. The van der Waals surface area contributed by atoms with E-state index < -0.39 is 5.54 Å². The minimum absolute atomic E-state index is 0.212. The lowest BCUT2D eigenvalue weighted by Gasteiger charge is -2.24. The second-order valence-electron chi connectivity index (χ2n) is 4.94. The fourth-order valence-electron chi connectivity index (χ4n) is 1.54. The van der Waals surface area contributed by atoms with Crippen LogP contribution in [-0.2, 0) is 14.4 Å². The van der Waals surface area contributed by atoms with Crippen LogP contribution < -0.4 is 10.6 Å². The van der Waals surface area contributed by atoms with Crippen molar-refractivity contribution < 1.29 is 14.4 Å². The van der Waals surface area contributed by atoms with Crippen molar-refractivity contribution in [2.45, 2.75) is 51.5 Å². The van der Waals surface area contributed by atoms with Crippen molar-refractivity contribution in [3.8, 4) is 0 Å². The van der Waals surface area contributed by atoms with Crippen LogP contribution in [0.1, 0.15) is 46.0 Å². The normalized spacial score (nSPS) is 10.6. The zero-order valence-corrected chi connectivity index (χ0v) is 11.8. The average Bonchev–Trinajstić information content (AvgIpc) is 2.36. The van der Waals surface area contributed by atoms with E-state index in [0.717, 1.165) is 38.0 Å². The molecule has 0 aliphatic carbocycles. The summed E-state index contributed by atoms with van der Waals surface area (Å²) in [5, 5.41) is 5.35. The number of nitrogens with one attached hydrogen (secondary N) is 2. The molecule has 0 saturated heterocycles. The van der Waals surface area contributed by atoms with Crippen molar-refractivity contribution in [2.75, 3.05) is 6.54 Å². The molecule has 0 heterocycles. The predicted molar refractivity (Wildman–Crippen MR) is 74.6 cm³/mol. The first-order valence-corrected chi connectivity index (χ1v) is 6.60. The first kappa shape index (κ1) is 17.4. The molecule has 5 heteroatoms. The summed E-state index contributed by atoms with van der Waals surface area (Å²) in [4.78, 5) is 33.1. The van der Waals surface area contributed by atoms with Crippen molar-refractivity contribution >= 4 is 18.1 Å². The van der Waals surface area contributed by atoms with Crippen molar-refractivity contribution in [1.29, 1.82) is 0 Å². The van der Waals surface area contributed by atoms with E-state index in [1.165, 1.54) is 0 Å². The van der Waals surface area contributed by atoms with Gasteiger partial charge in [0, 0.05) is 13.0 Å². The van der Waals surface area contributed by atoms with E-state index in [1.54, 1.807) is 13.8 Å². The maximum atomic E-state index is 11.8. The van der Waals surface area contributed by atoms with Gasteiger partial charge in [0.05, 0.1) is 0 Å². The third kappa shape index (κ3) is 8.13. The van der Waals surface area contributed by atoms with Gasteiger partial charge in [-0.05, 0) is 32.8 Å². The molecule has 5 nitrogen and oxygen atoms in total. The van der Waals surface area contributed by atoms with E-state index >= 15 is 0 Å². The summed E-state index contributed by atoms with van der Waals surface area (Å²) in [7, 11) is 0. The zero-order valence-electron chi connectivity index (χ0n) is 11.8. The van der Waals surface area contributed by atoms with Crippen LogP contribution in [0.5, 0.6) is 0 Å². The molecule has 0 aromatic rings. The van der Waals surface area contributed by atoms with Crippen molar-refractivity contribution in [3.63, 3.8) is 0 Å². The molecule has 0 spiro atoms. The molecule has 0 radical (unpaired) electrons. The van der Waals surface area contributed by atoms with Crippen molar-refractivity contribution in [1.82, 2.24) is 10.6 Å². The lowest BCUT2D eigenvalue weighted by atomic mass is 10.0. The largest absolute Gasteiger partial charge is 0.354 e. The van der Waals surface area contributed by atoms with Gasteiger partial charge in [0.1, 0.15) is 11.8 Å². The van der Waals surface area contributed by atoms with Gasteiger partial charge in [-0.15, -0.1) is 0 Å². The minimum Gasteiger partial charge on any atom is -0.354 e. The number of carbonyl (C=O) groups is 3. The van der Waals surface area contributed by atoms with Crippen LogP contribution in [0.2, 0.25) is 0 Å². The van der Waals surface area contributed by atoms with E-state index in [1.807, 2.05) is 0 Å². The Morgan fingerprint density at radius 3 is 2.37 bits per heavy atom. The molecule has 0 atom stereocenters. The molecule has 19 heavy (non-hydrogen) atoms. The molecule has 0 aliphatic rings. The summed E-state index contributed by atoms with van der Waals surface area (Å²) >= 11 is 0. The van der Waals surface area contributed by atoms with Crippen molar-refractivity contribution in [2.24, 2.45) is 0 Å². The van der Waals surface area contributed by atoms with E-state index in [0.29, 0.717) is 13.0 Å². The Balaban J connectivity index is 3.81. The smallest absolute Gasteiger partial charge is 0.245 e. The molecule has 2 amide bonds. The molecular weight excluding hydrogens is 244 g/mol. The first-order chi connectivity index (χ1) is 8.94. The van der Waals surface area contributed by atoms with E-state index in [-0.39, 0.29) is 11.8 Å². The Labute approximate surface area is 114 Å². The third-order valence-corrected chi connectivity index (χ3v) is 2.72. The van der Waals surface area contributed by atoms with Crippen LogP contribution in [0.25, 0.3) is 0 Å². The maximum absolute atomic E-state index is 11.8. The number of hydrogen-bond acceptors (Lipinski definition) is 3. The maximum Gasteiger partial charge on any atom is 0.245 e. The highest BCUT2D eigenvalue weighted by Crippen LogP contribution is 2.04. The topological polar surface area (TPSA) is 75.3 Å². The number of amides is 2. The number of unbranched alkanes of at least 4 members (excludes halogenated alkanes) is 4. The van der Waals surface area contributed by atoms with Gasteiger partial charge in [-0.1, -0.05) is 19.4 Å². The highest BCUT2D eigenvalue weighted by molar-refractivity contribution is 5.94. The van der Waals surface area contributed by atoms with Gasteiger partial charge in [-0.3, -0.25) is 9.59 Å². The lowest BCUT2D eigenvalue weighted by molar-refractivity contribution is -0.130. The fraction of sp³-hybridized carbons (Fsp3) is 0.643. The summed E-state index contributed by atoms with van der Waals surface area (Å²) in [5.41, 5.74) is -0.942. The zero-order chi connectivity index (χ0) is 14.7. The number of carbonyl (C=O) groups excluding carboxylic acids is 3. The molecule has 0 unspecified atom stereocenters. The average molecular weight is 268 g/mol. The number of aldehydes is 1. The first-order valence-electron chi connectivity index (χ1n) is 6.60. The molecule has 108 valence electrons. The summed E-state index contributed by atoms with van der Waals surface area (Å²) < 4.78 is 0. The Hall–Kier alpha value is -1.65. The third-order valence-electron chi connectivity index (χ3n) is 2.72. The SMILES string of the molecule is C=CC(=O)NC(C)(C)C(=O)NCCCCCCC=O. The molecule has 0 rings (SSSR count). The second kappa shape index (κ2) is 9.30. The van der Waals surface area contributed by atoms with E-state index in [4.69, 9.17) is 0 Å². The van der Waals surface area contributed by atoms with Crippen LogP contribution in [-0.4, -0.2) is 30.2 Å². The monoisotopic (exact) mass is 268 g/mol. The molecule has 0 aromatic heterocycles. The summed E-state index contributed by atoms with van der Waals surface area (Å²) in [6.07, 6.45) is 6.41. The van der Waals surface area contributed by atoms with Gasteiger partial charge in [-0.25, -0.2) is 0 Å². The Morgan fingerprint density at radius 2 is 1.79 bits per heavy atom. The molecule has 0 bridgehead atoms. The van der Waals surface area contributed by atoms with Crippen LogP contribution in [0.3, 0.4) is 0 Å². The van der Waals surface area contributed by atoms with Crippen LogP contribution in [0, 0.1) is 0 Å². The highest BCUT2D eigenvalue weighted by atomic mass is 16.2. The van der Waals surface area contributed by atoms with Gasteiger partial charge < -0.3 is 15.4 Å². The predicted octanol–water partition coefficient (Wildman–Crippen LogP) is 1.33. The summed E-state index contributed by atoms with van der Waals surface area (Å²) in [6, 6.07) is 0. The number of hydrogen-bond donors (Lipinski definition) is 2. The standard InChI is InChI=1S/C14H24N2O3/c1-4-12(18)16-14(2,3)13(19)15-10-8-6-5-7-9-11-17/h4,11H,1,5-10H2,2-3H3,(H,15,19)(H,16,18).